The van der Waals surface area contributed by atoms with Gasteiger partial charge in [-0.2, -0.15) is 0 Å². The third kappa shape index (κ3) is 29000. The minimum absolute atomic E-state index is 0. The van der Waals surface area contributed by atoms with E-state index in [2.05, 4.69) is 20.6 Å². The molecular weight excluding hydrogens is 488 g/mol. The zero-order valence-corrected chi connectivity index (χ0v) is 15.0. The largest absolute Gasteiger partial charge is 2.00 e. The summed E-state index contributed by atoms with van der Waals surface area (Å²) in [5.41, 5.74) is 0. The van der Waals surface area contributed by atoms with Crippen LogP contribution in [0.25, 0.3) is 0 Å². The van der Waals surface area contributed by atoms with E-state index in [-0.39, 0.29) is 34.1 Å². The van der Waals surface area contributed by atoms with Gasteiger partial charge in [0, 0.05) is 0 Å². The van der Waals surface area contributed by atoms with Crippen LogP contribution in [0.3, 0.4) is 0 Å². The van der Waals surface area contributed by atoms with Gasteiger partial charge < -0.3 is 18.2 Å². The van der Waals surface area contributed by atoms with Crippen molar-refractivity contribution in [2.75, 3.05) is 0 Å². The molecule has 0 aromatic heterocycles. The minimum atomic E-state index is -4.42. The molecule has 0 aliphatic heterocycles. The molecule has 22 heteroatoms. The Bertz CT molecular complexity index is 490. The van der Waals surface area contributed by atoms with Crippen LogP contribution >= 0.6 is 0 Å². The molecule has 0 fully saturated rings. The first-order chi connectivity index (χ1) is 8.00. The Hall–Kier alpha value is 0.519. The third-order valence-electron chi connectivity index (χ3n) is 0. The topological polar surface area (TPSA) is 333 Å². The van der Waals surface area contributed by atoms with Crippen molar-refractivity contribution in [1.82, 2.24) is 0 Å². The fraction of sp³-hybridized carbons (Fsp3) is 0. The smallest absolute Gasteiger partial charge is 0.736 e. The predicted molar refractivity (Wildman–Crippen MR) is 55.5 cm³/mol. The molecule has 0 radical (unpaired) electrons. The van der Waals surface area contributed by atoms with Gasteiger partial charge in [0.1, 0.15) is 0 Å². The maximum absolute atomic E-state index is 8.85. The molecule has 0 aliphatic rings. The summed E-state index contributed by atoms with van der Waals surface area (Å²) in [7, 11) is -17.7. The normalized spacial score (nSPS) is 10.5. The summed E-state index contributed by atoms with van der Waals surface area (Å²) in [6.07, 6.45) is 0. The number of hydrogen-bond acceptors (Lipinski definition) is 12. The standard InChI is InChI=1S/2Fe.4H3NO3S/c;;4*1-5(2,3)4/h;;4*(H3,1,2,3,4)/q2*+2;;;;/p-4. The van der Waals surface area contributed by atoms with Gasteiger partial charge in [-0.25, -0.2) is 54.2 Å². The molecule has 22 heavy (non-hydrogen) atoms. The molecule has 0 unspecified atom stereocenters. The average molecular weight is 496 g/mol. The van der Waals surface area contributed by atoms with E-state index >= 15 is 0 Å². The number of hydrogen-bond donors (Lipinski definition) is 4. The second kappa shape index (κ2) is 15.1. The summed E-state index contributed by atoms with van der Waals surface area (Å²) in [6, 6.07) is 0. The summed E-state index contributed by atoms with van der Waals surface area (Å²) in [5, 5.41) is 15.1. The van der Waals surface area contributed by atoms with E-state index in [0.717, 1.165) is 0 Å². The van der Waals surface area contributed by atoms with Crippen molar-refractivity contribution in [3.8, 4) is 0 Å². The van der Waals surface area contributed by atoms with Gasteiger partial charge >= 0.3 is 34.1 Å². The molecule has 0 heterocycles. The molecule has 16 nitrogen and oxygen atoms in total. The Labute approximate surface area is 147 Å². The van der Waals surface area contributed by atoms with Crippen LogP contribution in [0.15, 0.2) is 0 Å². The number of rotatable bonds is 0. The maximum Gasteiger partial charge on any atom is 2.00 e. The van der Waals surface area contributed by atoms with Crippen molar-refractivity contribution in [2.24, 2.45) is 20.6 Å². The van der Waals surface area contributed by atoms with E-state index < -0.39 is 41.2 Å². The molecule has 0 spiro atoms. The molecule has 0 saturated heterocycles. The third-order valence-corrected chi connectivity index (χ3v) is 0. The molecule has 0 atom stereocenters. The zero-order valence-electron chi connectivity index (χ0n) is 9.55. The summed E-state index contributed by atoms with van der Waals surface area (Å²) in [6.45, 7) is 0. The van der Waals surface area contributed by atoms with Crippen molar-refractivity contribution in [3.63, 3.8) is 0 Å². The van der Waals surface area contributed by atoms with Crippen LogP contribution in [0, 0.1) is 0 Å². The van der Waals surface area contributed by atoms with Gasteiger partial charge in [-0.05, 0) is 0 Å². The SMILES string of the molecule is NS(=O)(=O)[O-].NS(=O)(=O)[O-].NS(=O)(=O)[O-].NS(=O)(=O)[O-].[Fe+2].[Fe+2]. The molecule has 0 bridgehead atoms. The Kier molecular flexibility index (Phi) is 26.2. The summed E-state index contributed by atoms with van der Waals surface area (Å²) in [4.78, 5) is 0. The summed E-state index contributed by atoms with van der Waals surface area (Å²) in [5.74, 6) is 0. The Balaban J connectivity index is -0.0000000376. The zero-order chi connectivity index (χ0) is 18.0. The molecule has 8 N–H and O–H groups in total. The van der Waals surface area contributed by atoms with Gasteiger partial charge in [-0.3, -0.25) is 0 Å². The number of nitrogens with two attached hydrogens (primary N) is 4. The van der Waals surface area contributed by atoms with Gasteiger partial charge in [0.25, 0.3) is 0 Å². The van der Waals surface area contributed by atoms with Crippen molar-refractivity contribution in [3.05, 3.63) is 0 Å². The predicted octanol–water partition coefficient (Wildman–Crippen LogP) is -6.38. The van der Waals surface area contributed by atoms with Gasteiger partial charge in [0.15, 0.2) is 41.2 Å². The van der Waals surface area contributed by atoms with Crippen LogP contribution in [0.2, 0.25) is 0 Å². The molecule has 0 saturated carbocycles. The monoisotopic (exact) mass is 496 g/mol. The van der Waals surface area contributed by atoms with Crippen molar-refractivity contribution >= 4 is 41.2 Å². The molecule has 0 aromatic carbocycles. The van der Waals surface area contributed by atoms with Crippen molar-refractivity contribution in [2.45, 2.75) is 0 Å². The average Bonchev–Trinajstić information content (AvgIpc) is 1.62. The van der Waals surface area contributed by atoms with Crippen molar-refractivity contribution < 1.29 is 86.0 Å². The molecule has 140 valence electrons. The van der Waals surface area contributed by atoms with Gasteiger partial charge in [0.05, 0.1) is 0 Å². The van der Waals surface area contributed by atoms with E-state index in [0.29, 0.717) is 0 Å². The van der Waals surface area contributed by atoms with Crippen LogP contribution in [0.4, 0.5) is 0 Å². The van der Waals surface area contributed by atoms with Crippen LogP contribution in [-0.4, -0.2) is 51.9 Å². The Morgan fingerprint density at radius 2 is 0.409 bits per heavy atom. The van der Waals surface area contributed by atoms with Gasteiger partial charge in [-0.1, -0.05) is 0 Å². The second-order valence-corrected chi connectivity index (χ2v) is 5.91. The molecule has 0 aromatic rings. The van der Waals surface area contributed by atoms with Crippen LogP contribution in [0.5, 0.6) is 0 Å². The van der Waals surface area contributed by atoms with E-state index in [1.807, 2.05) is 0 Å². The van der Waals surface area contributed by atoms with Gasteiger partial charge in [-0.15, -0.1) is 0 Å². The first kappa shape index (κ1) is 38.2. The van der Waals surface area contributed by atoms with E-state index in [9.17, 15) is 0 Å². The molecule has 0 aliphatic carbocycles. The first-order valence-corrected chi connectivity index (χ1v) is 8.83. The fourth-order valence-corrected chi connectivity index (χ4v) is 0. The quantitative estimate of drug-likeness (QED) is 0.180. The Morgan fingerprint density at radius 3 is 0.409 bits per heavy atom. The minimum Gasteiger partial charge on any atom is -0.736 e. The molecular formula is H8Fe2N4O12S4. The van der Waals surface area contributed by atoms with E-state index in [1.54, 1.807) is 0 Å². The molecule has 0 amide bonds. The first-order valence-electron chi connectivity index (χ1n) is 2.94. The summed E-state index contributed by atoms with van der Waals surface area (Å²) < 4.78 is 106. The summed E-state index contributed by atoms with van der Waals surface area (Å²) >= 11 is 0. The van der Waals surface area contributed by atoms with Gasteiger partial charge in [0.2, 0.25) is 0 Å². The van der Waals surface area contributed by atoms with Crippen LogP contribution in [-0.2, 0) is 75.4 Å². The maximum atomic E-state index is 8.85. The molecule has 0 rings (SSSR count). The van der Waals surface area contributed by atoms with E-state index in [1.165, 1.54) is 0 Å². The van der Waals surface area contributed by atoms with Crippen molar-refractivity contribution in [1.29, 1.82) is 0 Å². The Morgan fingerprint density at radius 1 is 0.409 bits per heavy atom. The van der Waals surface area contributed by atoms with Crippen LogP contribution < -0.4 is 20.6 Å². The fourth-order valence-electron chi connectivity index (χ4n) is 0. The van der Waals surface area contributed by atoms with Crippen LogP contribution in [0.1, 0.15) is 0 Å². The van der Waals surface area contributed by atoms with E-state index in [4.69, 9.17) is 51.9 Å². The second-order valence-electron chi connectivity index (χ2n) is 1.97.